The molecule has 0 amide bonds. The van der Waals surface area contributed by atoms with Crippen molar-refractivity contribution in [2.75, 3.05) is 13.1 Å². The Kier molecular flexibility index (Phi) is 3.51. The highest BCUT2D eigenvalue weighted by atomic mass is 16.5. The first-order valence-corrected chi connectivity index (χ1v) is 6.70. The number of aromatic nitrogens is 2. The normalized spacial score (nSPS) is 19.7. The van der Waals surface area contributed by atoms with Crippen molar-refractivity contribution in [1.29, 1.82) is 0 Å². The molecule has 4 heteroatoms. The van der Waals surface area contributed by atoms with E-state index < -0.39 is 0 Å². The quantitative estimate of drug-likeness (QED) is 0.840. The van der Waals surface area contributed by atoms with Gasteiger partial charge in [-0.2, -0.15) is 0 Å². The topological polar surface area (TPSA) is 30.3 Å². The van der Waals surface area contributed by atoms with Gasteiger partial charge in [0.05, 0.1) is 0 Å². The van der Waals surface area contributed by atoms with E-state index in [1.54, 1.807) is 6.20 Å². The van der Waals surface area contributed by atoms with E-state index in [2.05, 4.69) is 40.0 Å². The van der Waals surface area contributed by atoms with Gasteiger partial charge in [0.25, 0.3) is 0 Å². The molecule has 0 spiro atoms. The fourth-order valence-corrected chi connectivity index (χ4v) is 2.54. The maximum absolute atomic E-state index is 5.89. The monoisotopic (exact) mass is 257 g/mol. The van der Waals surface area contributed by atoms with E-state index in [-0.39, 0.29) is 6.10 Å². The second-order valence-corrected chi connectivity index (χ2v) is 5.12. The Morgan fingerprint density at radius 1 is 1.37 bits per heavy atom. The van der Waals surface area contributed by atoms with Crippen LogP contribution < -0.4 is 4.74 Å². The third-order valence-corrected chi connectivity index (χ3v) is 3.45. The summed E-state index contributed by atoms with van der Waals surface area (Å²) < 4.78 is 7.98. The third-order valence-electron chi connectivity index (χ3n) is 3.45. The van der Waals surface area contributed by atoms with Gasteiger partial charge in [-0.1, -0.05) is 6.07 Å². The molecule has 3 heterocycles. The Hall–Kier alpha value is -1.81. The zero-order valence-corrected chi connectivity index (χ0v) is 11.2. The zero-order valence-electron chi connectivity index (χ0n) is 11.2. The molecule has 100 valence electrons. The van der Waals surface area contributed by atoms with Crippen LogP contribution in [0.1, 0.15) is 12.0 Å². The maximum Gasteiger partial charge on any atom is 0.213 e. The van der Waals surface area contributed by atoms with Gasteiger partial charge in [-0.25, -0.2) is 4.98 Å². The molecule has 4 nitrogen and oxygen atoms in total. The highest BCUT2D eigenvalue weighted by Crippen LogP contribution is 2.18. The van der Waals surface area contributed by atoms with E-state index in [9.17, 15) is 0 Å². The Balaban J connectivity index is 1.53. The van der Waals surface area contributed by atoms with Crippen molar-refractivity contribution >= 4 is 0 Å². The molecule has 19 heavy (non-hydrogen) atoms. The SMILES string of the molecule is Cn1ccc(CN2CCC(Oc3ccccn3)C2)c1. The third kappa shape index (κ3) is 3.15. The molecule has 0 radical (unpaired) electrons. The van der Waals surface area contributed by atoms with Gasteiger partial charge in [-0.05, 0) is 24.1 Å². The van der Waals surface area contributed by atoms with Crippen molar-refractivity contribution in [3.05, 3.63) is 48.4 Å². The van der Waals surface area contributed by atoms with Crippen LogP contribution >= 0.6 is 0 Å². The summed E-state index contributed by atoms with van der Waals surface area (Å²) in [6.45, 7) is 3.07. The second-order valence-electron chi connectivity index (χ2n) is 5.12. The highest BCUT2D eigenvalue weighted by Gasteiger charge is 2.24. The molecule has 1 aliphatic rings. The maximum atomic E-state index is 5.89. The number of hydrogen-bond acceptors (Lipinski definition) is 3. The lowest BCUT2D eigenvalue weighted by Crippen LogP contribution is -2.24. The predicted molar refractivity (Wildman–Crippen MR) is 74.0 cm³/mol. The van der Waals surface area contributed by atoms with Crippen LogP contribution in [0.15, 0.2) is 42.9 Å². The zero-order chi connectivity index (χ0) is 13.1. The fraction of sp³-hybridized carbons (Fsp3) is 0.400. The minimum Gasteiger partial charge on any atom is -0.473 e. The van der Waals surface area contributed by atoms with Gasteiger partial charge in [0.1, 0.15) is 6.10 Å². The van der Waals surface area contributed by atoms with Crippen molar-refractivity contribution in [2.45, 2.75) is 19.1 Å². The second kappa shape index (κ2) is 5.45. The predicted octanol–water partition coefficient (Wildman–Crippen LogP) is 2.07. The van der Waals surface area contributed by atoms with Crippen molar-refractivity contribution in [3.8, 4) is 5.88 Å². The van der Waals surface area contributed by atoms with Crippen LogP contribution in [0.5, 0.6) is 5.88 Å². The van der Waals surface area contributed by atoms with E-state index in [1.165, 1.54) is 5.56 Å². The fourth-order valence-electron chi connectivity index (χ4n) is 2.54. The van der Waals surface area contributed by atoms with Gasteiger partial charge < -0.3 is 9.30 Å². The summed E-state index contributed by atoms with van der Waals surface area (Å²) in [7, 11) is 2.06. The van der Waals surface area contributed by atoms with Crippen LogP contribution in [0.4, 0.5) is 0 Å². The Labute approximate surface area is 113 Å². The molecule has 1 aliphatic heterocycles. The number of aryl methyl sites for hydroxylation is 1. The highest BCUT2D eigenvalue weighted by molar-refractivity contribution is 5.11. The molecule has 0 aliphatic carbocycles. The van der Waals surface area contributed by atoms with Crippen molar-refractivity contribution in [3.63, 3.8) is 0 Å². The molecule has 2 aromatic rings. The lowest BCUT2D eigenvalue weighted by Gasteiger charge is -2.15. The molecule has 0 aromatic carbocycles. The summed E-state index contributed by atoms with van der Waals surface area (Å²) >= 11 is 0. The first-order chi connectivity index (χ1) is 9.29. The average Bonchev–Trinajstić information content (AvgIpc) is 3.01. The van der Waals surface area contributed by atoms with Crippen LogP contribution in [0.3, 0.4) is 0 Å². The van der Waals surface area contributed by atoms with Crippen LogP contribution in [0, 0.1) is 0 Å². The molecule has 0 N–H and O–H groups in total. The number of pyridine rings is 1. The molecule has 3 rings (SSSR count). The average molecular weight is 257 g/mol. The summed E-state index contributed by atoms with van der Waals surface area (Å²) in [5.41, 5.74) is 1.36. The Morgan fingerprint density at radius 3 is 3.05 bits per heavy atom. The van der Waals surface area contributed by atoms with Crippen molar-refractivity contribution < 1.29 is 4.74 Å². The molecule has 1 fully saturated rings. The lowest BCUT2D eigenvalue weighted by molar-refractivity contribution is 0.191. The van der Waals surface area contributed by atoms with E-state index in [0.717, 1.165) is 31.9 Å². The standard InChI is InChI=1S/C15H19N3O/c1-17-8-5-13(10-17)11-18-9-6-14(12-18)19-15-4-2-3-7-16-15/h2-5,7-8,10,14H,6,9,11-12H2,1H3. The van der Waals surface area contributed by atoms with Gasteiger partial charge in [-0.3, -0.25) is 4.90 Å². The van der Waals surface area contributed by atoms with Gasteiger partial charge in [0.15, 0.2) is 0 Å². The smallest absolute Gasteiger partial charge is 0.213 e. The number of likely N-dealkylation sites (tertiary alicyclic amines) is 1. The number of ether oxygens (including phenoxy) is 1. The van der Waals surface area contributed by atoms with Gasteiger partial charge in [0, 0.05) is 51.3 Å². The summed E-state index contributed by atoms with van der Waals surface area (Å²) in [6, 6.07) is 7.95. The molecule has 2 aromatic heterocycles. The first-order valence-electron chi connectivity index (χ1n) is 6.70. The van der Waals surface area contributed by atoms with Gasteiger partial charge >= 0.3 is 0 Å². The molecule has 0 saturated carbocycles. The van der Waals surface area contributed by atoms with Crippen molar-refractivity contribution in [2.24, 2.45) is 7.05 Å². The van der Waals surface area contributed by atoms with E-state index >= 15 is 0 Å². The first kappa shape index (κ1) is 12.2. The molecular weight excluding hydrogens is 238 g/mol. The molecule has 1 atom stereocenters. The van der Waals surface area contributed by atoms with Gasteiger partial charge in [0.2, 0.25) is 5.88 Å². The minimum absolute atomic E-state index is 0.263. The van der Waals surface area contributed by atoms with Crippen molar-refractivity contribution in [1.82, 2.24) is 14.5 Å². The summed E-state index contributed by atoms with van der Waals surface area (Å²) in [4.78, 5) is 6.64. The molecular formula is C15H19N3O. The Bertz CT molecular complexity index is 523. The summed E-state index contributed by atoms with van der Waals surface area (Å²) in [5.74, 6) is 0.731. The number of rotatable bonds is 4. The van der Waals surface area contributed by atoms with Crippen LogP contribution in [0.2, 0.25) is 0 Å². The molecule has 1 saturated heterocycles. The molecule has 0 bridgehead atoms. The van der Waals surface area contributed by atoms with E-state index in [1.807, 2.05) is 18.2 Å². The van der Waals surface area contributed by atoms with Crippen LogP contribution in [0.25, 0.3) is 0 Å². The van der Waals surface area contributed by atoms with Crippen LogP contribution in [-0.2, 0) is 13.6 Å². The minimum atomic E-state index is 0.263. The van der Waals surface area contributed by atoms with Gasteiger partial charge in [-0.15, -0.1) is 0 Å². The largest absolute Gasteiger partial charge is 0.473 e. The van der Waals surface area contributed by atoms with Crippen LogP contribution in [-0.4, -0.2) is 33.6 Å². The van der Waals surface area contributed by atoms with E-state index in [0.29, 0.717) is 0 Å². The lowest BCUT2D eigenvalue weighted by atomic mass is 10.3. The number of nitrogens with zero attached hydrogens (tertiary/aromatic N) is 3. The summed E-state index contributed by atoms with van der Waals surface area (Å²) in [6.07, 6.45) is 7.37. The Morgan fingerprint density at radius 2 is 2.32 bits per heavy atom. The number of hydrogen-bond donors (Lipinski definition) is 0. The summed E-state index contributed by atoms with van der Waals surface area (Å²) in [5, 5.41) is 0. The van der Waals surface area contributed by atoms with E-state index in [4.69, 9.17) is 4.74 Å². The molecule has 1 unspecified atom stereocenters.